The summed E-state index contributed by atoms with van der Waals surface area (Å²) in [6.07, 6.45) is 1.55. The van der Waals surface area contributed by atoms with Gasteiger partial charge in [-0.3, -0.25) is 10.1 Å². The van der Waals surface area contributed by atoms with Crippen LogP contribution >= 0.6 is 39.1 Å². The molecular weight excluding hydrogens is 431 g/mol. The molecule has 3 rings (SSSR count). The maximum atomic E-state index is 11.7. The van der Waals surface area contributed by atoms with Crippen molar-refractivity contribution >= 4 is 57.1 Å². The lowest BCUT2D eigenvalue weighted by Crippen LogP contribution is -2.22. The Morgan fingerprint density at radius 2 is 1.84 bits per heavy atom. The fourth-order valence-electron chi connectivity index (χ4n) is 2.19. The molecular formula is C17H11BrCl2N2O3. The molecule has 3 amide bonds. The molecule has 1 fully saturated rings. The predicted molar refractivity (Wildman–Crippen MR) is 99.6 cm³/mol. The standard InChI is InChI=1S/C17H11BrCl2N2O3/c18-11-2-4-15(25-8-9-1-3-12(19)13(20)5-9)10(6-11)7-14-16(23)22-17(24)21-14/h1-7H,8H2,(H2,21,22,23,24)/b14-7+. The first-order chi connectivity index (χ1) is 11.9. The van der Waals surface area contributed by atoms with Gasteiger partial charge in [0.2, 0.25) is 0 Å². The van der Waals surface area contributed by atoms with Crippen LogP contribution in [0.4, 0.5) is 4.79 Å². The highest BCUT2D eigenvalue weighted by Crippen LogP contribution is 2.28. The quantitative estimate of drug-likeness (QED) is 0.541. The van der Waals surface area contributed by atoms with Crippen molar-refractivity contribution in [1.82, 2.24) is 10.6 Å². The second-order valence-electron chi connectivity index (χ2n) is 5.19. The third-order valence-corrected chi connectivity index (χ3v) is 4.60. The van der Waals surface area contributed by atoms with E-state index in [1.54, 1.807) is 30.3 Å². The number of hydrogen-bond donors (Lipinski definition) is 2. The van der Waals surface area contributed by atoms with Crippen molar-refractivity contribution < 1.29 is 14.3 Å². The Kier molecular flexibility index (Phi) is 5.32. The zero-order valence-corrected chi connectivity index (χ0v) is 15.7. The molecule has 1 heterocycles. The zero-order chi connectivity index (χ0) is 18.0. The van der Waals surface area contributed by atoms with Crippen molar-refractivity contribution in [3.8, 4) is 5.75 Å². The fraction of sp³-hybridized carbons (Fsp3) is 0.0588. The summed E-state index contributed by atoms with van der Waals surface area (Å²) in [5, 5.41) is 5.52. The monoisotopic (exact) mass is 440 g/mol. The third-order valence-electron chi connectivity index (χ3n) is 3.37. The van der Waals surface area contributed by atoms with E-state index >= 15 is 0 Å². The molecule has 0 radical (unpaired) electrons. The predicted octanol–water partition coefficient (Wildman–Crippen LogP) is 4.52. The van der Waals surface area contributed by atoms with E-state index in [0.717, 1.165) is 10.0 Å². The molecule has 25 heavy (non-hydrogen) atoms. The van der Waals surface area contributed by atoms with E-state index in [4.69, 9.17) is 27.9 Å². The zero-order valence-electron chi connectivity index (χ0n) is 12.6. The van der Waals surface area contributed by atoms with E-state index in [0.29, 0.717) is 21.4 Å². The van der Waals surface area contributed by atoms with Gasteiger partial charge in [-0.2, -0.15) is 0 Å². The normalized spacial score (nSPS) is 15.2. The Morgan fingerprint density at radius 3 is 2.52 bits per heavy atom. The lowest BCUT2D eigenvalue weighted by Gasteiger charge is -2.11. The van der Waals surface area contributed by atoms with Gasteiger partial charge in [-0.25, -0.2) is 4.79 Å². The maximum Gasteiger partial charge on any atom is 0.326 e. The number of rotatable bonds is 4. The van der Waals surface area contributed by atoms with Gasteiger partial charge in [0, 0.05) is 10.0 Å². The number of urea groups is 1. The fourth-order valence-corrected chi connectivity index (χ4v) is 2.89. The van der Waals surface area contributed by atoms with Crippen LogP contribution in [0.1, 0.15) is 11.1 Å². The van der Waals surface area contributed by atoms with Crippen LogP contribution in [0, 0.1) is 0 Å². The van der Waals surface area contributed by atoms with Crippen LogP contribution in [0.2, 0.25) is 10.0 Å². The van der Waals surface area contributed by atoms with E-state index in [9.17, 15) is 9.59 Å². The van der Waals surface area contributed by atoms with Gasteiger partial charge in [0.05, 0.1) is 10.0 Å². The Hall–Kier alpha value is -2.02. The molecule has 0 atom stereocenters. The highest BCUT2D eigenvalue weighted by atomic mass is 79.9. The molecule has 0 aromatic heterocycles. The number of carbonyl (C=O) groups excluding carboxylic acids is 2. The van der Waals surface area contributed by atoms with Crippen LogP contribution in [0.5, 0.6) is 5.75 Å². The van der Waals surface area contributed by atoms with Crippen molar-refractivity contribution in [3.05, 3.63) is 67.7 Å². The van der Waals surface area contributed by atoms with Gasteiger partial charge in [-0.15, -0.1) is 0 Å². The second kappa shape index (κ2) is 7.47. The van der Waals surface area contributed by atoms with Gasteiger partial charge in [0.25, 0.3) is 5.91 Å². The van der Waals surface area contributed by atoms with Crippen LogP contribution in [0.25, 0.3) is 6.08 Å². The van der Waals surface area contributed by atoms with Crippen LogP contribution in [0.15, 0.2) is 46.6 Å². The third kappa shape index (κ3) is 4.34. The largest absolute Gasteiger partial charge is 0.488 e. The summed E-state index contributed by atoms with van der Waals surface area (Å²) in [5.41, 5.74) is 1.65. The first-order valence-electron chi connectivity index (χ1n) is 7.12. The SMILES string of the molecule is O=C1NC(=O)/C(=C\c2cc(Br)ccc2OCc2ccc(Cl)c(Cl)c2)N1. The Labute approximate surface area is 162 Å². The molecule has 0 unspecified atom stereocenters. The highest BCUT2D eigenvalue weighted by Gasteiger charge is 2.23. The number of imide groups is 1. The van der Waals surface area contributed by atoms with Gasteiger partial charge in [0.15, 0.2) is 0 Å². The number of hydrogen-bond acceptors (Lipinski definition) is 3. The molecule has 2 aromatic carbocycles. The van der Waals surface area contributed by atoms with E-state index in [-0.39, 0.29) is 12.3 Å². The Morgan fingerprint density at radius 1 is 1.04 bits per heavy atom. The average molecular weight is 442 g/mol. The van der Waals surface area contributed by atoms with Gasteiger partial charge < -0.3 is 10.1 Å². The highest BCUT2D eigenvalue weighted by molar-refractivity contribution is 9.10. The number of carbonyl (C=O) groups is 2. The molecule has 1 aliphatic heterocycles. The summed E-state index contributed by atoms with van der Waals surface area (Å²) in [5.74, 6) is 0.0659. The molecule has 128 valence electrons. The second-order valence-corrected chi connectivity index (χ2v) is 6.92. The minimum Gasteiger partial charge on any atom is -0.488 e. The summed E-state index contributed by atoms with van der Waals surface area (Å²) >= 11 is 15.3. The Bertz CT molecular complexity index is 899. The summed E-state index contributed by atoms with van der Waals surface area (Å²) in [6, 6.07) is 10.1. The molecule has 1 saturated heterocycles. The van der Waals surface area contributed by atoms with Gasteiger partial charge in [0.1, 0.15) is 18.1 Å². The van der Waals surface area contributed by atoms with Crippen molar-refractivity contribution in [3.63, 3.8) is 0 Å². The summed E-state index contributed by atoms with van der Waals surface area (Å²) < 4.78 is 6.64. The lowest BCUT2D eigenvalue weighted by molar-refractivity contribution is -0.115. The van der Waals surface area contributed by atoms with Crippen LogP contribution in [-0.2, 0) is 11.4 Å². The maximum absolute atomic E-state index is 11.7. The first kappa shape index (κ1) is 17.8. The molecule has 1 aliphatic rings. The summed E-state index contributed by atoms with van der Waals surface area (Å²) in [6.45, 7) is 0.271. The van der Waals surface area contributed by atoms with Crippen molar-refractivity contribution in [2.75, 3.05) is 0 Å². The molecule has 8 heteroatoms. The number of halogens is 3. The van der Waals surface area contributed by atoms with E-state index in [1.807, 2.05) is 12.1 Å². The first-order valence-corrected chi connectivity index (χ1v) is 8.67. The number of amides is 3. The molecule has 0 bridgehead atoms. The topological polar surface area (TPSA) is 67.4 Å². The molecule has 2 N–H and O–H groups in total. The molecule has 0 saturated carbocycles. The number of benzene rings is 2. The minimum atomic E-state index is -0.551. The van der Waals surface area contributed by atoms with Crippen molar-refractivity contribution in [2.45, 2.75) is 6.61 Å². The number of nitrogens with one attached hydrogen (secondary N) is 2. The summed E-state index contributed by atoms with van der Waals surface area (Å²) in [4.78, 5) is 22.9. The molecule has 2 aromatic rings. The van der Waals surface area contributed by atoms with E-state index < -0.39 is 11.9 Å². The molecule has 0 aliphatic carbocycles. The van der Waals surface area contributed by atoms with Gasteiger partial charge in [-0.05, 0) is 42.0 Å². The van der Waals surface area contributed by atoms with Crippen molar-refractivity contribution in [2.24, 2.45) is 0 Å². The van der Waals surface area contributed by atoms with Gasteiger partial charge in [-0.1, -0.05) is 45.2 Å². The average Bonchev–Trinajstić information content (AvgIpc) is 2.87. The van der Waals surface area contributed by atoms with Gasteiger partial charge >= 0.3 is 6.03 Å². The van der Waals surface area contributed by atoms with Crippen LogP contribution < -0.4 is 15.4 Å². The Balaban J connectivity index is 1.84. The van der Waals surface area contributed by atoms with E-state index in [2.05, 4.69) is 26.6 Å². The van der Waals surface area contributed by atoms with Crippen LogP contribution in [-0.4, -0.2) is 11.9 Å². The molecule has 0 spiro atoms. The van der Waals surface area contributed by atoms with E-state index in [1.165, 1.54) is 0 Å². The lowest BCUT2D eigenvalue weighted by atomic mass is 10.1. The smallest absolute Gasteiger partial charge is 0.326 e. The van der Waals surface area contributed by atoms with Crippen LogP contribution in [0.3, 0.4) is 0 Å². The molecule has 5 nitrogen and oxygen atoms in total. The number of ether oxygens (including phenoxy) is 1. The minimum absolute atomic E-state index is 0.155. The van der Waals surface area contributed by atoms with Crippen molar-refractivity contribution in [1.29, 1.82) is 0 Å². The summed E-state index contributed by atoms with van der Waals surface area (Å²) in [7, 11) is 0.